The van der Waals surface area contributed by atoms with Crippen LogP contribution in [0.15, 0.2) is 12.3 Å². The summed E-state index contributed by atoms with van der Waals surface area (Å²) in [5.74, 6) is -3.81. The third kappa shape index (κ3) is 2.43. The molecule has 4 N–H and O–H groups in total. The van der Waals surface area contributed by atoms with Gasteiger partial charge >= 0.3 is 11.9 Å². The summed E-state index contributed by atoms with van der Waals surface area (Å²) in [6.45, 7) is 3.25. The van der Waals surface area contributed by atoms with Crippen LogP contribution in [0.5, 0.6) is 0 Å². The van der Waals surface area contributed by atoms with Crippen molar-refractivity contribution in [2.75, 3.05) is 27.4 Å². The Labute approximate surface area is 235 Å². The van der Waals surface area contributed by atoms with Crippen molar-refractivity contribution in [3.8, 4) is 0 Å². The lowest BCUT2D eigenvalue weighted by molar-refractivity contribution is -0.295. The summed E-state index contributed by atoms with van der Waals surface area (Å²) in [5.41, 5.74) is -8.10. The number of ether oxygens (including phenoxy) is 7. The van der Waals surface area contributed by atoms with Gasteiger partial charge < -0.3 is 53.6 Å². The van der Waals surface area contributed by atoms with Crippen LogP contribution in [0.2, 0.25) is 0 Å². The molecule has 1 spiro atoms. The predicted molar refractivity (Wildman–Crippen MR) is 130 cm³/mol. The molecule has 0 radical (unpaired) electrons. The van der Waals surface area contributed by atoms with E-state index in [0.717, 1.165) is 0 Å². The second kappa shape index (κ2) is 7.62. The van der Waals surface area contributed by atoms with Crippen molar-refractivity contribution >= 4 is 11.9 Å². The summed E-state index contributed by atoms with van der Waals surface area (Å²) in [5, 5.41) is 47.3. The third-order valence-corrected chi connectivity index (χ3v) is 12.8. The maximum absolute atomic E-state index is 13.5. The molecule has 2 bridgehead atoms. The van der Waals surface area contributed by atoms with Crippen LogP contribution in [-0.2, 0) is 42.7 Å². The van der Waals surface area contributed by atoms with Gasteiger partial charge in [-0.15, -0.1) is 0 Å². The molecular formula is C28H36O13. The van der Waals surface area contributed by atoms with Gasteiger partial charge in [0.25, 0.3) is 0 Å². The van der Waals surface area contributed by atoms with Gasteiger partial charge in [-0.05, 0) is 19.4 Å². The molecule has 5 aliphatic heterocycles. The minimum Gasteiger partial charge on any atom is -0.469 e. The molecule has 0 aromatic heterocycles. The Morgan fingerprint density at radius 1 is 0.976 bits per heavy atom. The van der Waals surface area contributed by atoms with Crippen molar-refractivity contribution in [1.29, 1.82) is 0 Å². The number of rotatable bonds is 3. The maximum Gasteiger partial charge on any atom is 0.335 e. The smallest absolute Gasteiger partial charge is 0.335 e. The average Bonchev–Trinajstić information content (AvgIpc) is 3.39. The second-order valence-corrected chi connectivity index (χ2v) is 13.6. The molecule has 4 saturated heterocycles. The van der Waals surface area contributed by atoms with Crippen molar-refractivity contribution in [2.45, 2.75) is 86.4 Å². The van der Waals surface area contributed by atoms with Crippen molar-refractivity contribution in [3.63, 3.8) is 0 Å². The molecule has 8 aliphatic rings. The summed E-state index contributed by atoms with van der Waals surface area (Å²) >= 11 is 0. The van der Waals surface area contributed by atoms with Crippen LogP contribution in [0.25, 0.3) is 0 Å². The number of hydrogen-bond acceptors (Lipinski definition) is 13. The van der Waals surface area contributed by atoms with E-state index in [0.29, 0.717) is 6.42 Å². The maximum atomic E-state index is 13.5. The Morgan fingerprint density at radius 3 is 2.44 bits per heavy atom. The fourth-order valence-electron chi connectivity index (χ4n) is 11.3. The summed E-state index contributed by atoms with van der Waals surface area (Å²) in [6.07, 6.45) is -4.70. The van der Waals surface area contributed by atoms with Crippen LogP contribution < -0.4 is 0 Å². The Balaban J connectivity index is 1.35. The number of hydrogen-bond donors (Lipinski definition) is 4. The average molecular weight is 581 g/mol. The Kier molecular flexibility index (Phi) is 4.97. The van der Waals surface area contributed by atoms with Gasteiger partial charge in [-0.2, -0.15) is 0 Å². The molecule has 226 valence electrons. The number of epoxide rings is 1. The largest absolute Gasteiger partial charge is 0.469 e. The monoisotopic (exact) mass is 580 g/mol. The third-order valence-electron chi connectivity index (χ3n) is 12.8. The van der Waals surface area contributed by atoms with Gasteiger partial charge in [-0.25, -0.2) is 4.79 Å². The molecule has 41 heavy (non-hydrogen) atoms. The minimum absolute atomic E-state index is 0.156. The first-order valence-corrected chi connectivity index (χ1v) is 14.2. The van der Waals surface area contributed by atoms with Crippen LogP contribution in [-0.4, -0.2) is 120 Å². The van der Waals surface area contributed by atoms with E-state index in [2.05, 4.69) is 0 Å². The van der Waals surface area contributed by atoms with Gasteiger partial charge in [0.1, 0.15) is 16.6 Å². The lowest BCUT2D eigenvalue weighted by Crippen LogP contribution is -2.77. The summed E-state index contributed by atoms with van der Waals surface area (Å²) in [4.78, 5) is 26.8. The lowest BCUT2D eigenvalue weighted by Gasteiger charge is -2.65. The molecule has 8 rings (SSSR count). The number of fused-ring (bicyclic) bond motifs is 7. The number of esters is 2. The molecule has 0 unspecified atom stereocenters. The van der Waals surface area contributed by atoms with Crippen LogP contribution in [0.3, 0.4) is 0 Å². The predicted octanol–water partition coefficient (Wildman–Crippen LogP) is -1.61. The van der Waals surface area contributed by atoms with E-state index in [4.69, 9.17) is 33.2 Å². The second-order valence-electron chi connectivity index (χ2n) is 13.6. The summed E-state index contributed by atoms with van der Waals surface area (Å²) in [7, 11) is 2.45. The first-order valence-electron chi connectivity index (χ1n) is 14.2. The topological polar surface area (TPSA) is 183 Å². The molecule has 0 aromatic carbocycles. The van der Waals surface area contributed by atoms with E-state index >= 15 is 0 Å². The zero-order chi connectivity index (χ0) is 29.1. The molecule has 7 fully saturated rings. The highest BCUT2D eigenvalue weighted by molar-refractivity contribution is 5.80. The Morgan fingerprint density at radius 2 is 1.73 bits per heavy atom. The molecule has 13 heteroatoms. The molecular weight excluding hydrogens is 544 g/mol. The van der Waals surface area contributed by atoms with Crippen molar-refractivity contribution in [3.05, 3.63) is 12.3 Å². The highest BCUT2D eigenvalue weighted by atomic mass is 16.7. The Bertz CT molecular complexity index is 1260. The van der Waals surface area contributed by atoms with Crippen molar-refractivity contribution < 1.29 is 63.2 Å². The summed E-state index contributed by atoms with van der Waals surface area (Å²) < 4.78 is 41.4. The number of methoxy groups -OCH3 is 2. The fourth-order valence-corrected chi connectivity index (χ4v) is 11.3. The molecule has 16 atom stereocenters. The highest BCUT2D eigenvalue weighted by Crippen LogP contribution is 2.81. The fraction of sp³-hybridized carbons (Fsp3) is 0.857. The van der Waals surface area contributed by atoms with Gasteiger partial charge in [0.05, 0.1) is 64.2 Å². The van der Waals surface area contributed by atoms with E-state index < -0.39 is 106 Å². The van der Waals surface area contributed by atoms with Gasteiger partial charge in [0.2, 0.25) is 6.29 Å². The van der Waals surface area contributed by atoms with Crippen LogP contribution in [0.4, 0.5) is 0 Å². The van der Waals surface area contributed by atoms with Crippen LogP contribution in [0.1, 0.15) is 26.7 Å². The summed E-state index contributed by atoms with van der Waals surface area (Å²) in [6, 6.07) is 0. The van der Waals surface area contributed by atoms with Crippen LogP contribution >= 0.6 is 0 Å². The molecule has 0 aromatic rings. The number of carbonyl (C=O) groups is 2. The molecule has 13 nitrogen and oxygen atoms in total. The minimum atomic E-state index is -1.61. The van der Waals surface area contributed by atoms with Gasteiger partial charge in [0, 0.05) is 35.0 Å². The SMILES string of the molecule is COC(=O)[C@H]1OC[C@]23[C@@H]1[C@](C)([C@]14O[C@@]1(C)[C@H]1C[C@@H]4O[C@@H]4OC=C[C@@]41O)[C@H](O)[C@@H]1OC[C@](C(=O)OC)([C@H](O)C[C@@H]2O)[C@H]13. The zero-order valence-electron chi connectivity index (χ0n) is 23.2. The first kappa shape index (κ1) is 26.8. The molecule has 0 amide bonds. The van der Waals surface area contributed by atoms with E-state index in [1.165, 1.54) is 20.5 Å². The van der Waals surface area contributed by atoms with Gasteiger partial charge in [-0.3, -0.25) is 4.79 Å². The molecule has 3 aliphatic carbocycles. The molecule has 3 saturated carbocycles. The normalized spacial score (nSPS) is 62.2. The van der Waals surface area contributed by atoms with E-state index in [1.807, 2.05) is 6.92 Å². The zero-order valence-corrected chi connectivity index (χ0v) is 23.2. The lowest BCUT2D eigenvalue weighted by atomic mass is 9.38. The van der Waals surface area contributed by atoms with Gasteiger partial charge in [0.15, 0.2) is 11.7 Å². The van der Waals surface area contributed by atoms with E-state index in [9.17, 15) is 30.0 Å². The number of aliphatic hydroxyl groups excluding tert-OH is 3. The number of aliphatic hydroxyl groups is 4. The first-order chi connectivity index (χ1) is 19.4. The number of carbonyl (C=O) groups excluding carboxylic acids is 2. The van der Waals surface area contributed by atoms with Crippen molar-refractivity contribution in [2.24, 2.45) is 34.0 Å². The Hall–Kier alpha value is -1.84. The van der Waals surface area contributed by atoms with Crippen molar-refractivity contribution in [1.82, 2.24) is 0 Å². The van der Waals surface area contributed by atoms with Gasteiger partial charge in [-0.1, -0.05) is 6.92 Å². The van der Waals surface area contributed by atoms with E-state index in [-0.39, 0.29) is 19.6 Å². The quantitative estimate of drug-likeness (QED) is 0.221. The molecule has 5 heterocycles. The highest BCUT2D eigenvalue weighted by Gasteiger charge is 2.95. The van der Waals surface area contributed by atoms with E-state index in [1.54, 1.807) is 13.0 Å². The van der Waals surface area contributed by atoms with Crippen LogP contribution in [0, 0.1) is 34.0 Å². The standard InChI is InChI=1S/C28H36O13/c1-23(28-14-7-11(24(28,2)41-28)27(34)5-6-37-22(27)40-14)17-16(20(32)35-3)39-9-25(17)12(29)8-13(30)26(21(33)36-4)10-38-15(18(25)26)19(23)31/h5-6,11-19,22,29-31,34H,7-10H2,1-4H3/t11-,12+,13-,14+,15-,16+,17+,18-,19-,22+,23+,24+,25-,26+,27+,28+/m1/s1.